The second-order valence-electron chi connectivity index (χ2n) is 7.44. The van der Waals surface area contributed by atoms with Crippen molar-refractivity contribution in [3.05, 3.63) is 107 Å². The van der Waals surface area contributed by atoms with Crippen LogP contribution in [0.5, 0.6) is 0 Å². The Hall–Kier alpha value is -3.28. The van der Waals surface area contributed by atoms with E-state index in [0.717, 1.165) is 22.5 Å². The van der Waals surface area contributed by atoms with Crippen molar-refractivity contribution in [3.63, 3.8) is 0 Å². The molecule has 5 nitrogen and oxygen atoms in total. The van der Waals surface area contributed by atoms with Crippen molar-refractivity contribution in [2.75, 3.05) is 6.54 Å². The maximum Gasteiger partial charge on any atom is 0.117 e. The fourth-order valence-corrected chi connectivity index (χ4v) is 3.49. The summed E-state index contributed by atoms with van der Waals surface area (Å²) < 4.78 is 0. The molecular formula is C25H26N4O. The number of aryl methyl sites for hydroxylation is 1. The maximum absolute atomic E-state index is 10.4. The van der Waals surface area contributed by atoms with Gasteiger partial charge in [0.2, 0.25) is 0 Å². The van der Waals surface area contributed by atoms with E-state index in [4.69, 9.17) is 10.2 Å². The lowest BCUT2D eigenvalue weighted by Gasteiger charge is -2.11. The van der Waals surface area contributed by atoms with Gasteiger partial charge in [-0.2, -0.15) is 15.0 Å². The van der Waals surface area contributed by atoms with E-state index in [1.165, 1.54) is 11.1 Å². The molecule has 5 heteroatoms. The van der Waals surface area contributed by atoms with Crippen LogP contribution >= 0.6 is 0 Å². The topological polar surface area (TPSA) is 63.0 Å². The molecule has 0 aliphatic heterocycles. The molecule has 30 heavy (non-hydrogen) atoms. The molecule has 0 fully saturated rings. The van der Waals surface area contributed by atoms with Gasteiger partial charge in [-0.15, -0.1) is 0 Å². The van der Waals surface area contributed by atoms with Crippen molar-refractivity contribution >= 4 is 0 Å². The number of rotatable bonds is 8. The van der Waals surface area contributed by atoms with Crippen molar-refractivity contribution in [1.29, 1.82) is 0 Å². The predicted molar refractivity (Wildman–Crippen MR) is 119 cm³/mol. The van der Waals surface area contributed by atoms with Crippen LogP contribution in [0.25, 0.3) is 11.3 Å². The highest BCUT2D eigenvalue weighted by molar-refractivity contribution is 5.60. The Morgan fingerprint density at radius 3 is 2.37 bits per heavy atom. The summed E-state index contributed by atoms with van der Waals surface area (Å²) in [6.07, 6.45) is -0.561. The zero-order chi connectivity index (χ0) is 20.8. The number of benzene rings is 3. The van der Waals surface area contributed by atoms with Crippen LogP contribution in [0.15, 0.2) is 84.9 Å². The van der Waals surface area contributed by atoms with Gasteiger partial charge in [0, 0.05) is 18.7 Å². The van der Waals surface area contributed by atoms with Crippen LogP contribution < -0.4 is 5.32 Å². The number of nitrogens with zero attached hydrogens (tertiary/aromatic N) is 3. The highest BCUT2D eigenvalue weighted by atomic mass is 16.3. The Balaban J connectivity index is 1.51. The summed E-state index contributed by atoms with van der Waals surface area (Å²) in [4.78, 5) is 1.75. The molecule has 1 aromatic heterocycles. The van der Waals surface area contributed by atoms with Crippen LogP contribution in [0.1, 0.15) is 28.5 Å². The van der Waals surface area contributed by atoms with Gasteiger partial charge in [-0.05, 0) is 18.1 Å². The summed E-state index contributed by atoms with van der Waals surface area (Å²) in [7, 11) is 0. The Bertz CT molecular complexity index is 1080. The molecule has 1 heterocycles. The van der Waals surface area contributed by atoms with E-state index in [-0.39, 0.29) is 0 Å². The number of aliphatic hydroxyl groups is 1. The summed E-state index contributed by atoms with van der Waals surface area (Å²) >= 11 is 0. The van der Waals surface area contributed by atoms with Gasteiger partial charge >= 0.3 is 0 Å². The minimum Gasteiger partial charge on any atom is -0.387 e. The Kier molecular flexibility index (Phi) is 6.32. The highest BCUT2D eigenvalue weighted by Gasteiger charge is 2.14. The van der Waals surface area contributed by atoms with Gasteiger partial charge in [0.1, 0.15) is 11.4 Å². The summed E-state index contributed by atoms with van der Waals surface area (Å²) in [5.41, 5.74) is 6.06. The molecule has 0 amide bonds. The van der Waals surface area contributed by atoms with Crippen molar-refractivity contribution in [2.24, 2.45) is 0 Å². The van der Waals surface area contributed by atoms with E-state index in [9.17, 15) is 5.11 Å². The maximum atomic E-state index is 10.4. The standard InChI is InChI=1S/C25H26N4O/c1-19-9-8-10-20(15-19)18-29-27-23(25(28-29)22-13-6-3-7-14-22)16-26-17-24(30)21-11-4-2-5-12-21/h2-15,24,26,30H,16-18H2,1H3/t24-/m1/s1. The van der Waals surface area contributed by atoms with Crippen LogP contribution in [0, 0.1) is 6.92 Å². The molecule has 0 radical (unpaired) electrons. The molecule has 0 spiro atoms. The lowest BCUT2D eigenvalue weighted by molar-refractivity contribution is 0.174. The number of hydrogen-bond donors (Lipinski definition) is 2. The van der Waals surface area contributed by atoms with Gasteiger partial charge in [0.15, 0.2) is 0 Å². The lowest BCUT2D eigenvalue weighted by atomic mass is 10.1. The molecule has 3 aromatic carbocycles. The van der Waals surface area contributed by atoms with Gasteiger partial charge in [-0.3, -0.25) is 0 Å². The van der Waals surface area contributed by atoms with Crippen molar-refractivity contribution < 1.29 is 5.11 Å². The SMILES string of the molecule is Cc1cccc(Cn2nc(CNC[C@@H](O)c3ccccc3)c(-c3ccccc3)n2)c1. The normalized spacial score (nSPS) is 12.1. The quantitative estimate of drug-likeness (QED) is 0.469. The predicted octanol–water partition coefficient (Wildman–Crippen LogP) is 4.13. The van der Waals surface area contributed by atoms with E-state index >= 15 is 0 Å². The third-order valence-corrected chi connectivity index (χ3v) is 4.99. The zero-order valence-corrected chi connectivity index (χ0v) is 17.1. The monoisotopic (exact) mass is 398 g/mol. The molecule has 0 saturated heterocycles. The third kappa shape index (κ3) is 5.00. The summed E-state index contributed by atoms with van der Waals surface area (Å²) in [5.74, 6) is 0. The molecule has 2 N–H and O–H groups in total. The third-order valence-electron chi connectivity index (χ3n) is 4.99. The molecule has 4 rings (SSSR count). The van der Waals surface area contributed by atoms with Crippen molar-refractivity contribution in [1.82, 2.24) is 20.3 Å². The molecular weight excluding hydrogens is 372 g/mol. The number of aliphatic hydroxyl groups excluding tert-OH is 1. The molecule has 152 valence electrons. The molecule has 0 aliphatic rings. The number of hydrogen-bond acceptors (Lipinski definition) is 4. The van der Waals surface area contributed by atoms with Crippen LogP contribution in [-0.4, -0.2) is 26.6 Å². The lowest BCUT2D eigenvalue weighted by Crippen LogP contribution is -2.21. The first-order chi connectivity index (χ1) is 14.7. The summed E-state index contributed by atoms with van der Waals surface area (Å²) in [6.45, 7) is 3.68. The summed E-state index contributed by atoms with van der Waals surface area (Å²) in [5, 5.41) is 23.2. The fourth-order valence-electron chi connectivity index (χ4n) is 3.49. The van der Waals surface area contributed by atoms with Crippen LogP contribution in [0.2, 0.25) is 0 Å². The average Bonchev–Trinajstić information content (AvgIpc) is 3.17. The fraction of sp³-hybridized carbons (Fsp3) is 0.200. The molecule has 1 atom stereocenters. The van der Waals surface area contributed by atoms with Gasteiger partial charge in [0.05, 0.1) is 12.6 Å². The van der Waals surface area contributed by atoms with Crippen LogP contribution in [-0.2, 0) is 13.1 Å². The summed E-state index contributed by atoms with van der Waals surface area (Å²) in [6, 6.07) is 28.2. The van der Waals surface area contributed by atoms with Crippen LogP contribution in [0.3, 0.4) is 0 Å². The number of aromatic nitrogens is 3. The second kappa shape index (κ2) is 9.48. The molecule has 0 unspecified atom stereocenters. The smallest absolute Gasteiger partial charge is 0.117 e. The average molecular weight is 399 g/mol. The molecule has 0 bridgehead atoms. The largest absolute Gasteiger partial charge is 0.387 e. The van der Waals surface area contributed by atoms with Crippen molar-refractivity contribution in [2.45, 2.75) is 26.1 Å². The van der Waals surface area contributed by atoms with E-state index in [0.29, 0.717) is 19.6 Å². The van der Waals surface area contributed by atoms with Gasteiger partial charge in [-0.25, -0.2) is 0 Å². The molecule has 4 aromatic rings. The van der Waals surface area contributed by atoms with Gasteiger partial charge in [0.25, 0.3) is 0 Å². The van der Waals surface area contributed by atoms with E-state index in [1.807, 2.05) is 60.7 Å². The highest BCUT2D eigenvalue weighted by Crippen LogP contribution is 2.21. The Morgan fingerprint density at radius 2 is 1.63 bits per heavy atom. The minimum absolute atomic E-state index is 0.447. The Labute approximate surface area is 177 Å². The zero-order valence-electron chi connectivity index (χ0n) is 17.1. The minimum atomic E-state index is -0.561. The van der Waals surface area contributed by atoms with Crippen molar-refractivity contribution in [3.8, 4) is 11.3 Å². The first-order valence-electron chi connectivity index (χ1n) is 10.2. The van der Waals surface area contributed by atoms with E-state index in [2.05, 4.69) is 36.5 Å². The van der Waals surface area contributed by atoms with E-state index in [1.54, 1.807) is 4.80 Å². The van der Waals surface area contributed by atoms with Crippen LogP contribution in [0.4, 0.5) is 0 Å². The first-order valence-corrected chi connectivity index (χ1v) is 10.2. The van der Waals surface area contributed by atoms with Gasteiger partial charge < -0.3 is 10.4 Å². The number of nitrogens with one attached hydrogen (secondary N) is 1. The molecule has 0 saturated carbocycles. The first kappa shape index (κ1) is 20.0. The Morgan fingerprint density at radius 1 is 0.900 bits per heavy atom. The second-order valence-corrected chi connectivity index (χ2v) is 7.44. The van der Waals surface area contributed by atoms with E-state index < -0.39 is 6.10 Å². The molecule has 0 aliphatic carbocycles. The van der Waals surface area contributed by atoms with Gasteiger partial charge in [-0.1, -0.05) is 90.5 Å².